The first-order valence-corrected chi connectivity index (χ1v) is 12.0. The average molecular weight is 463 g/mol. The van der Waals surface area contributed by atoms with Gasteiger partial charge in [-0.25, -0.2) is 0 Å². The number of nitrogens with zero attached hydrogens (tertiary/aromatic N) is 2. The molecule has 3 saturated heterocycles. The van der Waals surface area contributed by atoms with Crippen molar-refractivity contribution in [3.63, 3.8) is 0 Å². The van der Waals surface area contributed by atoms with E-state index in [1.54, 1.807) is 11.0 Å². The van der Waals surface area contributed by atoms with E-state index in [0.717, 1.165) is 0 Å². The summed E-state index contributed by atoms with van der Waals surface area (Å²) in [7, 11) is 0. The predicted molar refractivity (Wildman–Crippen MR) is 123 cm³/mol. The van der Waals surface area contributed by atoms with Gasteiger partial charge in [0.25, 0.3) is 0 Å². The minimum Gasteiger partial charge on any atom is -0.461 e. The van der Waals surface area contributed by atoms with Crippen LogP contribution >= 0.6 is 0 Å². The standard InChI is InChI=1S/C25H38N2O6/c1-7-13-26(16(5)6)22(30)20-25-12-11-24(10-4,33-25)19(23(31)32-14-8-2)18(25)21(29)27(20)17(9-3)15-28/h7-8,16-20,28H,1-2,9-15H2,3-6H3/t17-,18-,19-,20?,24+,25?/m0/s1. The highest BCUT2D eigenvalue weighted by atomic mass is 16.6. The summed E-state index contributed by atoms with van der Waals surface area (Å²) in [5, 5.41) is 10.1. The third-order valence-corrected chi connectivity index (χ3v) is 7.76. The molecule has 6 atom stereocenters. The highest BCUT2D eigenvalue weighted by Crippen LogP contribution is 2.64. The molecule has 1 spiro atoms. The first kappa shape index (κ1) is 25.4. The van der Waals surface area contributed by atoms with Crippen LogP contribution in [0.5, 0.6) is 0 Å². The van der Waals surface area contributed by atoms with Gasteiger partial charge in [0.1, 0.15) is 24.2 Å². The molecule has 8 heteroatoms. The van der Waals surface area contributed by atoms with Gasteiger partial charge in [0.15, 0.2) is 0 Å². The molecule has 3 rings (SSSR count). The molecule has 3 aliphatic heterocycles. The summed E-state index contributed by atoms with van der Waals surface area (Å²) in [6.07, 6.45) is 5.22. The summed E-state index contributed by atoms with van der Waals surface area (Å²) < 4.78 is 12.1. The first-order chi connectivity index (χ1) is 15.7. The molecule has 184 valence electrons. The van der Waals surface area contributed by atoms with Crippen molar-refractivity contribution in [3.05, 3.63) is 25.3 Å². The van der Waals surface area contributed by atoms with E-state index in [4.69, 9.17) is 9.47 Å². The molecule has 3 fully saturated rings. The Bertz CT molecular complexity index is 809. The molecular weight excluding hydrogens is 424 g/mol. The molecule has 0 radical (unpaired) electrons. The van der Waals surface area contributed by atoms with Gasteiger partial charge in [0, 0.05) is 12.6 Å². The zero-order valence-electron chi connectivity index (χ0n) is 20.3. The lowest BCUT2D eigenvalue weighted by Gasteiger charge is -2.40. The molecule has 2 unspecified atom stereocenters. The van der Waals surface area contributed by atoms with E-state index in [2.05, 4.69) is 13.2 Å². The Kier molecular flexibility index (Phi) is 7.39. The lowest BCUT2D eigenvalue weighted by Crippen LogP contribution is -2.59. The largest absolute Gasteiger partial charge is 0.461 e. The average Bonchev–Trinajstić information content (AvgIpc) is 3.40. The lowest BCUT2D eigenvalue weighted by atomic mass is 9.65. The molecule has 1 N–H and O–H groups in total. The Morgan fingerprint density at radius 2 is 2.00 bits per heavy atom. The summed E-state index contributed by atoms with van der Waals surface area (Å²) in [5.74, 6) is -2.66. The van der Waals surface area contributed by atoms with Gasteiger partial charge in [0.05, 0.1) is 24.2 Å². The first-order valence-electron chi connectivity index (χ1n) is 12.0. The van der Waals surface area contributed by atoms with Gasteiger partial charge in [0.2, 0.25) is 11.8 Å². The Balaban J connectivity index is 2.15. The molecule has 0 aromatic heterocycles. The fraction of sp³-hybridized carbons (Fsp3) is 0.720. The second-order valence-electron chi connectivity index (χ2n) is 9.62. The zero-order chi connectivity index (χ0) is 24.6. The highest BCUT2D eigenvalue weighted by molar-refractivity contribution is 5.98. The van der Waals surface area contributed by atoms with Crippen molar-refractivity contribution >= 4 is 17.8 Å². The van der Waals surface area contributed by atoms with Gasteiger partial charge in [-0.05, 0) is 39.5 Å². The van der Waals surface area contributed by atoms with E-state index < -0.39 is 41.1 Å². The lowest BCUT2D eigenvalue weighted by molar-refractivity contribution is -0.163. The SMILES string of the molecule is C=CCOC(=O)[C@@H]1[C@H]2C(=O)N([C@@H](CC)CO)C(C(=O)N(CC=C)C(C)C)C23CC[C@@]1(CC)O3. The number of aliphatic hydroxyl groups is 1. The van der Waals surface area contributed by atoms with Crippen LogP contribution < -0.4 is 0 Å². The molecular formula is C25H38N2O6. The molecule has 0 saturated carbocycles. The number of rotatable bonds is 11. The van der Waals surface area contributed by atoms with Crippen LogP contribution in [0.1, 0.15) is 53.4 Å². The Labute approximate surface area is 196 Å². The second kappa shape index (κ2) is 9.58. The van der Waals surface area contributed by atoms with Crippen molar-refractivity contribution in [2.75, 3.05) is 19.8 Å². The van der Waals surface area contributed by atoms with E-state index >= 15 is 0 Å². The van der Waals surface area contributed by atoms with Crippen LogP contribution in [-0.2, 0) is 23.9 Å². The van der Waals surface area contributed by atoms with Crippen LogP contribution in [0, 0.1) is 11.8 Å². The summed E-state index contributed by atoms with van der Waals surface area (Å²) in [6.45, 7) is 15.1. The Morgan fingerprint density at radius 3 is 2.52 bits per heavy atom. The number of carbonyl (C=O) groups is 3. The van der Waals surface area contributed by atoms with Crippen LogP contribution in [0.15, 0.2) is 25.3 Å². The monoisotopic (exact) mass is 462 g/mol. The van der Waals surface area contributed by atoms with E-state index in [0.29, 0.717) is 32.2 Å². The number of amides is 2. The maximum atomic E-state index is 14.0. The maximum Gasteiger partial charge on any atom is 0.313 e. The summed E-state index contributed by atoms with van der Waals surface area (Å²) in [4.78, 5) is 44.4. The number of hydrogen-bond donors (Lipinski definition) is 1. The number of esters is 1. The van der Waals surface area contributed by atoms with Crippen molar-refractivity contribution in [1.82, 2.24) is 9.80 Å². The number of carbonyl (C=O) groups excluding carboxylic acids is 3. The van der Waals surface area contributed by atoms with E-state index in [9.17, 15) is 19.5 Å². The molecule has 3 heterocycles. The molecule has 0 aromatic carbocycles. The Morgan fingerprint density at radius 1 is 1.30 bits per heavy atom. The molecule has 3 aliphatic rings. The summed E-state index contributed by atoms with van der Waals surface area (Å²) in [6, 6.07) is -1.58. The van der Waals surface area contributed by atoms with Crippen LogP contribution in [-0.4, -0.2) is 81.8 Å². The smallest absolute Gasteiger partial charge is 0.313 e. The Hall–Kier alpha value is -2.19. The third kappa shape index (κ3) is 3.71. The van der Waals surface area contributed by atoms with Gasteiger partial charge in [-0.1, -0.05) is 32.6 Å². The molecule has 2 amide bonds. The molecule has 33 heavy (non-hydrogen) atoms. The molecule has 8 nitrogen and oxygen atoms in total. The normalized spacial score (nSPS) is 33.2. The van der Waals surface area contributed by atoms with E-state index in [1.807, 2.05) is 27.7 Å². The topological polar surface area (TPSA) is 96.4 Å². The minimum absolute atomic E-state index is 0.0454. The molecule has 0 aliphatic carbocycles. The predicted octanol–water partition coefficient (Wildman–Crippen LogP) is 2.06. The maximum absolute atomic E-state index is 14.0. The zero-order valence-corrected chi connectivity index (χ0v) is 20.3. The fourth-order valence-electron chi connectivity index (χ4n) is 6.18. The van der Waals surface area contributed by atoms with E-state index in [1.165, 1.54) is 11.0 Å². The number of fused-ring (bicyclic) bond motifs is 1. The summed E-state index contributed by atoms with van der Waals surface area (Å²) >= 11 is 0. The highest BCUT2D eigenvalue weighted by Gasteiger charge is 2.79. The molecule has 0 aromatic rings. The minimum atomic E-state index is -1.13. The van der Waals surface area contributed by atoms with Gasteiger partial charge in [-0.3, -0.25) is 14.4 Å². The fourth-order valence-corrected chi connectivity index (χ4v) is 6.18. The van der Waals surface area contributed by atoms with Crippen LogP contribution in [0.2, 0.25) is 0 Å². The van der Waals surface area contributed by atoms with Gasteiger partial charge in [-0.2, -0.15) is 0 Å². The van der Waals surface area contributed by atoms with Crippen molar-refractivity contribution in [1.29, 1.82) is 0 Å². The van der Waals surface area contributed by atoms with Crippen molar-refractivity contribution in [3.8, 4) is 0 Å². The molecule has 2 bridgehead atoms. The van der Waals surface area contributed by atoms with Gasteiger partial charge < -0.3 is 24.4 Å². The van der Waals surface area contributed by atoms with E-state index in [-0.39, 0.29) is 31.1 Å². The van der Waals surface area contributed by atoms with Crippen molar-refractivity contribution < 1.29 is 29.0 Å². The van der Waals surface area contributed by atoms with Crippen LogP contribution in [0.25, 0.3) is 0 Å². The third-order valence-electron chi connectivity index (χ3n) is 7.76. The van der Waals surface area contributed by atoms with Gasteiger partial charge in [-0.15, -0.1) is 6.58 Å². The van der Waals surface area contributed by atoms with Crippen molar-refractivity contribution in [2.24, 2.45) is 11.8 Å². The number of likely N-dealkylation sites (tertiary alicyclic amines) is 1. The van der Waals surface area contributed by atoms with Crippen LogP contribution in [0.4, 0.5) is 0 Å². The number of ether oxygens (including phenoxy) is 2. The van der Waals surface area contributed by atoms with Crippen LogP contribution in [0.3, 0.4) is 0 Å². The quantitative estimate of drug-likeness (QED) is 0.373. The van der Waals surface area contributed by atoms with Gasteiger partial charge >= 0.3 is 5.97 Å². The summed E-state index contributed by atoms with van der Waals surface area (Å²) in [5.41, 5.74) is -1.97. The second-order valence-corrected chi connectivity index (χ2v) is 9.62. The van der Waals surface area contributed by atoms with Crippen molar-refractivity contribution in [2.45, 2.75) is 82.7 Å². The number of hydrogen-bond acceptors (Lipinski definition) is 6. The number of aliphatic hydroxyl groups excluding tert-OH is 1.